The van der Waals surface area contributed by atoms with Gasteiger partial charge in [-0.3, -0.25) is 0 Å². The maximum Gasteiger partial charge on any atom is 0.113 e. The number of benzene rings is 6. The quantitative estimate of drug-likeness (QED) is 0.235. The van der Waals surface area contributed by atoms with Crippen molar-refractivity contribution in [1.82, 2.24) is 0 Å². The van der Waals surface area contributed by atoms with Gasteiger partial charge in [-0.25, -0.2) is 0 Å². The number of hydrogen-bond acceptors (Lipinski definition) is 1. The van der Waals surface area contributed by atoms with Gasteiger partial charge in [-0.15, -0.1) is 0 Å². The highest BCUT2D eigenvalue weighted by Gasteiger charge is 2.12. The van der Waals surface area contributed by atoms with Crippen molar-refractivity contribution in [1.29, 1.82) is 0 Å². The average molecular weight is 457 g/mol. The fraction of sp³-hybridized carbons (Fsp3) is 0. The second-order valence-corrected chi connectivity index (χ2v) is 8.91. The molecule has 0 aromatic heterocycles. The van der Waals surface area contributed by atoms with Gasteiger partial charge < -0.3 is 4.90 Å². The highest BCUT2D eigenvalue weighted by atomic mass is 15.1. The molecule has 0 spiro atoms. The second-order valence-electron chi connectivity index (χ2n) is 8.91. The molecule has 2 heteroatoms. The van der Waals surface area contributed by atoms with E-state index in [1.165, 1.54) is 33.0 Å². The molecule has 0 heterocycles. The molecular weight excluding hydrogens is 433 g/mol. The van der Waals surface area contributed by atoms with Crippen LogP contribution in [0.4, 0.5) is 17.1 Å². The molecule has 0 bridgehead atoms. The van der Waals surface area contributed by atoms with Crippen LogP contribution in [0.25, 0.3) is 33.0 Å². The van der Waals surface area contributed by atoms with E-state index in [9.17, 15) is 0 Å². The van der Waals surface area contributed by atoms with E-state index in [0.29, 0.717) is 0 Å². The summed E-state index contributed by atoms with van der Waals surface area (Å²) in [5.41, 5.74) is 8.91. The van der Waals surface area contributed by atoms with Crippen LogP contribution >= 0.6 is 0 Å². The van der Waals surface area contributed by atoms with Gasteiger partial charge in [0.2, 0.25) is 0 Å². The van der Waals surface area contributed by atoms with Gasteiger partial charge >= 0.3 is 0 Å². The highest BCUT2D eigenvalue weighted by molar-refractivity contribution is 6.32. The lowest BCUT2D eigenvalue weighted by Gasteiger charge is -2.25. The summed E-state index contributed by atoms with van der Waals surface area (Å²) < 4.78 is 0. The Labute approximate surface area is 213 Å². The first kappa shape index (κ1) is 21.9. The molecule has 6 rings (SSSR count). The third-order valence-corrected chi connectivity index (χ3v) is 6.61. The third kappa shape index (κ3) is 4.30. The average Bonchev–Trinajstić information content (AvgIpc) is 2.95. The molecule has 0 N–H and O–H groups in total. The normalized spacial score (nSPS) is 10.9. The molecule has 36 heavy (non-hydrogen) atoms. The van der Waals surface area contributed by atoms with Crippen molar-refractivity contribution < 1.29 is 0 Å². The maximum atomic E-state index is 5.94. The van der Waals surface area contributed by atoms with Crippen LogP contribution < -0.4 is 10.4 Å². The van der Waals surface area contributed by atoms with Crippen molar-refractivity contribution in [2.24, 2.45) is 0 Å². The summed E-state index contributed by atoms with van der Waals surface area (Å²) in [5.74, 6) is 0. The maximum absolute atomic E-state index is 5.94. The number of fused-ring (bicyclic) bond motifs is 1. The van der Waals surface area contributed by atoms with Gasteiger partial charge in [0.15, 0.2) is 0 Å². The van der Waals surface area contributed by atoms with E-state index in [1.807, 2.05) is 18.2 Å². The molecule has 0 unspecified atom stereocenters. The summed E-state index contributed by atoms with van der Waals surface area (Å²) in [4.78, 5) is 2.24. The minimum Gasteiger partial charge on any atom is -0.311 e. The van der Waals surface area contributed by atoms with Crippen molar-refractivity contribution in [2.45, 2.75) is 0 Å². The van der Waals surface area contributed by atoms with Gasteiger partial charge in [-0.05, 0) is 69.4 Å². The fourth-order valence-electron chi connectivity index (χ4n) is 4.77. The Morgan fingerprint density at radius 3 is 1.58 bits per heavy atom. The SMILES string of the molecule is [B]c1ccc(N(c2ccccc2)c2ccc(-c3ccc(-c4cccc5ccccc45)cc3)cc2)cc1. The minimum absolute atomic E-state index is 0.758. The van der Waals surface area contributed by atoms with Gasteiger partial charge in [0.25, 0.3) is 0 Å². The molecular formula is C34H24BN. The zero-order chi connectivity index (χ0) is 24.3. The summed E-state index contributed by atoms with van der Waals surface area (Å²) in [6.07, 6.45) is 0. The van der Waals surface area contributed by atoms with Crippen LogP contribution in [0.3, 0.4) is 0 Å². The Balaban J connectivity index is 1.32. The van der Waals surface area contributed by atoms with E-state index in [1.54, 1.807) is 0 Å². The van der Waals surface area contributed by atoms with Gasteiger partial charge in [0.05, 0.1) is 0 Å². The van der Waals surface area contributed by atoms with Crippen molar-refractivity contribution >= 4 is 41.1 Å². The van der Waals surface area contributed by atoms with Gasteiger partial charge in [-0.2, -0.15) is 0 Å². The van der Waals surface area contributed by atoms with Gasteiger partial charge in [0.1, 0.15) is 7.85 Å². The number of anilines is 3. The van der Waals surface area contributed by atoms with Crippen LogP contribution in [-0.4, -0.2) is 7.85 Å². The molecule has 0 saturated carbocycles. The molecule has 0 aliphatic heterocycles. The van der Waals surface area contributed by atoms with Crippen LogP contribution in [0.2, 0.25) is 0 Å². The topological polar surface area (TPSA) is 3.24 Å². The number of nitrogens with zero attached hydrogens (tertiary/aromatic N) is 1. The van der Waals surface area contributed by atoms with E-state index in [-0.39, 0.29) is 0 Å². The molecule has 6 aromatic carbocycles. The summed E-state index contributed by atoms with van der Waals surface area (Å²) >= 11 is 0. The molecule has 2 radical (unpaired) electrons. The van der Waals surface area contributed by atoms with Crippen LogP contribution in [0.1, 0.15) is 0 Å². The third-order valence-electron chi connectivity index (χ3n) is 6.61. The minimum atomic E-state index is 0.758. The molecule has 0 saturated heterocycles. The highest BCUT2D eigenvalue weighted by Crippen LogP contribution is 2.36. The Hall–Kier alpha value is -4.56. The standard InChI is InChI=1S/C34H24BN/c35-29-19-23-32(24-20-29)36(30-9-2-1-3-10-30)31-21-17-26(18-22-31)25-13-15-28(16-14-25)34-12-6-8-27-7-4-5-11-33(27)34/h1-24H. The van der Waals surface area contributed by atoms with Gasteiger partial charge in [0, 0.05) is 17.1 Å². The van der Waals surface area contributed by atoms with Crippen LogP contribution in [0, 0.1) is 0 Å². The molecule has 6 aromatic rings. The molecule has 0 amide bonds. The van der Waals surface area contributed by atoms with Crippen LogP contribution in [-0.2, 0) is 0 Å². The Morgan fingerprint density at radius 1 is 0.389 bits per heavy atom. The Morgan fingerprint density at radius 2 is 0.889 bits per heavy atom. The first-order valence-electron chi connectivity index (χ1n) is 12.2. The lowest BCUT2D eigenvalue weighted by molar-refractivity contribution is 1.29. The first-order chi connectivity index (χ1) is 17.8. The van der Waals surface area contributed by atoms with Crippen molar-refractivity contribution in [3.05, 3.63) is 146 Å². The van der Waals surface area contributed by atoms with E-state index >= 15 is 0 Å². The second kappa shape index (κ2) is 9.60. The lowest BCUT2D eigenvalue weighted by Crippen LogP contribution is -2.11. The zero-order valence-electron chi connectivity index (χ0n) is 19.9. The Bertz CT molecular complexity index is 1600. The fourth-order valence-corrected chi connectivity index (χ4v) is 4.77. The molecule has 0 atom stereocenters. The predicted molar refractivity (Wildman–Crippen MR) is 155 cm³/mol. The molecule has 168 valence electrons. The number of rotatable bonds is 5. The van der Waals surface area contributed by atoms with Crippen LogP contribution in [0.15, 0.2) is 146 Å². The molecule has 1 nitrogen and oxygen atoms in total. The van der Waals surface area contributed by atoms with Crippen molar-refractivity contribution in [2.75, 3.05) is 4.90 Å². The summed E-state index contributed by atoms with van der Waals surface area (Å²) in [6, 6.07) is 51.0. The largest absolute Gasteiger partial charge is 0.311 e. The number of hydrogen-bond donors (Lipinski definition) is 0. The molecule has 0 fully saturated rings. The lowest BCUT2D eigenvalue weighted by atomic mass is 9.96. The first-order valence-corrected chi connectivity index (χ1v) is 12.2. The zero-order valence-corrected chi connectivity index (χ0v) is 19.9. The van der Waals surface area contributed by atoms with Crippen molar-refractivity contribution in [3.63, 3.8) is 0 Å². The summed E-state index contributed by atoms with van der Waals surface area (Å²) in [5, 5.41) is 2.54. The van der Waals surface area contributed by atoms with Crippen LogP contribution in [0.5, 0.6) is 0 Å². The summed E-state index contributed by atoms with van der Waals surface area (Å²) in [7, 11) is 5.94. The van der Waals surface area contributed by atoms with E-state index in [4.69, 9.17) is 7.85 Å². The van der Waals surface area contributed by atoms with E-state index < -0.39 is 0 Å². The van der Waals surface area contributed by atoms with Crippen molar-refractivity contribution in [3.8, 4) is 22.3 Å². The molecule has 0 aliphatic carbocycles. The van der Waals surface area contributed by atoms with Gasteiger partial charge in [-0.1, -0.05) is 115 Å². The van der Waals surface area contributed by atoms with E-state index in [0.717, 1.165) is 22.5 Å². The van der Waals surface area contributed by atoms with E-state index in [2.05, 4.69) is 132 Å². The predicted octanol–water partition coefficient (Wildman–Crippen LogP) is 8.44. The smallest absolute Gasteiger partial charge is 0.113 e. The molecule has 0 aliphatic rings. The number of para-hydroxylation sites is 1. The summed E-state index contributed by atoms with van der Waals surface area (Å²) in [6.45, 7) is 0. The Kier molecular flexibility index (Phi) is 5.85. The monoisotopic (exact) mass is 457 g/mol.